The molecule has 0 heterocycles. The highest BCUT2D eigenvalue weighted by molar-refractivity contribution is 7.91. The summed E-state index contributed by atoms with van der Waals surface area (Å²) < 4.78 is 122. The number of hydrogen-bond donors (Lipinski definition) is 5. The van der Waals surface area contributed by atoms with E-state index in [1.54, 1.807) is 65.1 Å². The van der Waals surface area contributed by atoms with Gasteiger partial charge in [0.1, 0.15) is 47.0 Å². The van der Waals surface area contributed by atoms with Gasteiger partial charge in [0.05, 0.1) is 60.6 Å². The normalized spacial score (nSPS) is 13.1. The van der Waals surface area contributed by atoms with Crippen molar-refractivity contribution < 1.29 is 82.8 Å². The molecule has 6 aromatic carbocycles. The van der Waals surface area contributed by atoms with Crippen molar-refractivity contribution in [3.8, 4) is 11.5 Å². The van der Waals surface area contributed by atoms with E-state index in [9.17, 15) is 63.8 Å². The molecule has 6 aromatic rings. The van der Waals surface area contributed by atoms with Gasteiger partial charge in [-0.25, -0.2) is 39.2 Å². The topological polar surface area (TPSA) is 266 Å². The Kier molecular flexibility index (Phi) is 26.0. The minimum atomic E-state index is -3.83. The SMILES string of the molecule is CCCO/N=C(\C)c1cc(C(=O)N[C@@H](Cc2cc(F)cc(F)c2)[C@H](O)CNCc2cccc(OC)c2)cc(S(C)(=O)=O)c1.COc1cccc(CN(C[C@@H](O)[C@H](Cc2cc(F)cc(F)c2)NC(=O)c2cc(C(C)=O)cc(S(C)(=O)=O)c2)C(=O)OC(C)(C)C)c1. The highest BCUT2D eigenvalue weighted by atomic mass is 32.2. The first-order valence-corrected chi connectivity index (χ1v) is 31.7. The van der Waals surface area contributed by atoms with E-state index in [1.165, 1.54) is 43.2 Å². The van der Waals surface area contributed by atoms with E-state index in [2.05, 4.69) is 21.1 Å². The van der Waals surface area contributed by atoms with Crippen molar-refractivity contribution in [2.45, 2.75) is 114 Å². The number of sulfone groups is 2. The van der Waals surface area contributed by atoms with Crippen molar-refractivity contribution in [1.29, 1.82) is 0 Å². The lowest BCUT2D eigenvalue weighted by Crippen LogP contribution is -2.51. The summed E-state index contributed by atoms with van der Waals surface area (Å²) >= 11 is 0. The maximum Gasteiger partial charge on any atom is 0.410 e. The highest BCUT2D eigenvalue weighted by Crippen LogP contribution is 2.23. The fourth-order valence-electron chi connectivity index (χ4n) is 8.79. The van der Waals surface area contributed by atoms with Gasteiger partial charge in [-0.05, 0) is 161 Å². The van der Waals surface area contributed by atoms with Gasteiger partial charge in [0, 0.05) is 66.5 Å². The first-order chi connectivity index (χ1) is 41.7. The summed E-state index contributed by atoms with van der Waals surface area (Å²) in [7, 11) is -4.49. The number of rotatable bonds is 27. The number of amides is 3. The third-order valence-electron chi connectivity index (χ3n) is 13.2. The number of methoxy groups -OCH3 is 2. The Balaban J connectivity index is 0.000000325. The number of nitrogens with zero attached hydrogens (tertiary/aromatic N) is 2. The summed E-state index contributed by atoms with van der Waals surface area (Å²) in [6.45, 7) is 10.1. The quantitative estimate of drug-likeness (QED) is 0.0106. The van der Waals surface area contributed by atoms with Gasteiger partial charge in [-0.1, -0.05) is 36.3 Å². The monoisotopic (exact) mass is 1280 g/mol. The lowest BCUT2D eigenvalue weighted by atomic mass is 9.99. The second-order valence-electron chi connectivity index (χ2n) is 22.1. The number of ether oxygens (including phenoxy) is 3. The smallest absolute Gasteiger partial charge is 0.410 e. The van der Waals surface area contributed by atoms with Crippen LogP contribution in [0.2, 0.25) is 0 Å². The fraction of sp³-hybridized carbons (Fsp3) is 0.359. The van der Waals surface area contributed by atoms with Crippen molar-refractivity contribution in [2.24, 2.45) is 5.16 Å². The predicted octanol–water partition coefficient (Wildman–Crippen LogP) is 8.74. The summed E-state index contributed by atoms with van der Waals surface area (Å²) in [5.74, 6) is -4.20. The average Bonchev–Trinajstić information content (AvgIpc) is 2.78. The third kappa shape index (κ3) is 23.3. The minimum Gasteiger partial charge on any atom is -0.497 e. The number of carbonyl (C=O) groups is 4. The number of ketones is 1. The molecule has 0 spiro atoms. The zero-order valence-corrected chi connectivity index (χ0v) is 52.7. The molecule has 0 aliphatic carbocycles. The summed E-state index contributed by atoms with van der Waals surface area (Å²) in [5.41, 5.74) is 1.43. The summed E-state index contributed by atoms with van der Waals surface area (Å²) in [6, 6.07) is 25.2. The molecule has 0 saturated carbocycles. The molecular formula is C64H75F4N5O14S2. The van der Waals surface area contributed by atoms with Gasteiger partial charge in [0.25, 0.3) is 11.8 Å². The average molecular weight is 1280 g/mol. The number of halogens is 4. The van der Waals surface area contributed by atoms with E-state index in [4.69, 9.17) is 19.0 Å². The van der Waals surface area contributed by atoms with Gasteiger partial charge in [-0.2, -0.15) is 0 Å². The number of nitrogens with one attached hydrogen (secondary N) is 3. The molecule has 0 bridgehead atoms. The molecule has 25 heteroatoms. The van der Waals surface area contributed by atoms with Crippen LogP contribution in [-0.2, 0) is 55.2 Å². The maximum atomic E-state index is 14.1. The van der Waals surface area contributed by atoms with E-state index < -0.39 is 103 Å². The number of Topliss-reactive ketones (excluding diaryl/α,β-unsaturated/α-hetero) is 1. The molecule has 0 aromatic heterocycles. The summed E-state index contributed by atoms with van der Waals surface area (Å²) in [6.07, 6.45) is -1.22. The molecule has 0 fully saturated rings. The summed E-state index contributed by atoms with van der Waals surface area (Å²) in [4.78, 5) is 58.5. The van der Waals surface area contributed by atoms with Gasteiger partial charge in [0.15, 0.2) is 25.5 Å². The molecule has 5 N–H and O–H groups in total. The van der Waals surface area contributed by atoms with Crippen LogP contribution in [0.1, 0.15) is 107 Å². The number of carbonyl (C=O) groups excluding carboxylic acids is 4. The molecular weight excluding hydrogens is 1200 g/mol. The number of aliphatic hydroxyl groups excluding tert-OH is 2. The van der Waals surface area contributed by atoms with E-state index in [1.807, 2.05) is 25.1 Å². The number of hydrogen-bond acceptors (Lipinski definition) is 16. The molecule has 4 atom stereocenters. The largest absolute Gasteiger partial charge is 0.497 e. The lowest BCUT2D eigenvalue weighted by molar-refractivity contribution is 0.00835. The van der Waals surface area contributed by atoms with Crippen LogP contribution in [0.25, 0.3) is 0 Å². The molecule has 0 aliphatic heterocycles. The molecule has 89 heavy (non-hydrogen) atoms. The van der Waals surface area contributed by atoms with Gasteiger partial charge < -0.3 is 50.1 Å². The number of aliphatic hydroxyl groups is 2. The van der Waals surface area contributed by atoms with Gasteiger partial charge >= 0.3 is 6.09 Å². The van der Waals surface area contributed by atoms with Crippen molar-refractivity contribution in [1.82, 2.24) is 20.9 Å². The van der Waals surface area contributed by atoms with Crippen molar-refractivity contribution in [3.63, 3.8) is 0 Å². The zero-order valence-electron chi connectivity index (χ0n) is 51.0. The Hall–Kier alpha value is -8.23. The Morgan fingerprint density at radius 1 is 0.607 bits per heavy atom. The van der Waals surface area contributed by atoms with Crippen molar-refractivity contribution in [2.75, 3.05) is 46.4 Å². The number of benzene rings is 6. The Bertz CT molecular complexity index is 3690. The molecule has 0 aliphatic rings. The molecule has 0 unspecified atom stereocenters. The Labute approximate surface area is 516 Å². The molecule has 480 valence electrons. The fourth-order valence-corrected chi connectivity index (χ4v) is 10.2. The van der Waals surface area contributed by atoms with Crippen LogP contribution in [0.3, 0.4) is 0 Å². The Morgan fingerprint density at radius 2 is 1.06 bits per heavy atom. The molecule has 19 nitrogen and oxygen atoms in total. The van der Waals surface area contributed by atoms with Gasteiger partial charge in [-0.15, -0.1) is 0 Å². The zero-order chi connectivity index (χ0) is 66.0. The first kappa shape index (κ1) is 71.5. The van der Waals surface area contributed by atoms with Crippen LogP contribution in [0, 0.1) is 23.3 Å². The second-order valence-corrected chi connectivity index (χ2v) is 26.1. The second kappa shape index (κ2) is 32.3. The molecule has 0 saturated heterocycles. The maximum absolute atomic E-state index is 14.1. The predicted molar refractivity (Wildman–Crippen MR) is 327 cm³/mol. The van der Waals surface area contributed by atoms with Crippen LogP contribution >= 0.6 is 0 Å². The molecule has 3 amide bonds. The molecule has 0 radical (unpaired) electrons. The Morgan fingerprint density at radius 3 is 1.52 bits per heavy atom. The standard InChI is InChI=1S/C33H38F2N2O8S.C31H37F2N3O6S/c1-20(38)23-14-24(16-28(15-23)46(6,42)43)31(40)36-29(13-22-10-25(34)17-26(35)11-22)30(39)19-37(32(41)45-33(2,3)4)18-21-8-7-9-27(12-21)44-5;1-5-9-42-36-20(2)23-14-24(16-28(15-23)43(4,39)40)31(38)35-29(13-22-10-25(32)17-26(33)11-22)30(37)19-34-18-21-7-6-8-27(12-21)41-3/h7-12,14-17,29-30,39H,13,18-19H2,1-6H3,(H,36,40);6-8,10-12,14-17,29-30,34,37H,5,9,13,18-19H2,1-4H3,(H,35,38)/b;36-20+/t2*29-,30+/m00/s1. The lowest BCUT2D eigenvalue weighted by Gasteiger charge is -2.32. The van der Waals surface area contributed by atoms with E-state index in [0.29, 0.717) is 47.6 Å². The number of oxime groups is 1. The van der Waals surface area contributed by atoms with E-state index in [0.717, 1.165) is 67.0 Å². The van der Waals surface area contributed by atoms with Crippen LogP contribution in [0.4, 0.5) is 22.4 Å². The van der Waals surface area contributed by atoms with Gasteiger partial charge in [0.2, 0.25) is 0 Å². The third-order valence-corrected chi connectivity index (χ3v) is 15.4. The molecule has 6 rings (SSSR count). The van der Waals surface area contributed by atoms with Crippen LogP contribution in [0.15, 0.2) is 136 Å². The first-order valence-electron chi connectivity index (χ1n) is 27.9. The van der Waals surface area contributed by atoms with Crippen LogP contribution in [0.5, 0.6) is 11.5 Å². The van der Waals surface area contributed by atoms with Crippen molar-refractivity contribution in [3.05, 3.63) is 189 Å². The minimum absolute atomic E-state index is 0.00470. The van der Waals surface area contributed by atoms with Crippen molar-refractivity contribution >= 4 is 49.1 Å². The van der Waals surface area contributed by atoms with E-state index >= 15 is 0 Å². The highest BCUT2D eigenvalue weighted by Gasteiger charge is 2.31. The van der Waals surface area contributed by atoms with Crippen LogP contribution < -0.4 is 25.4 Å². The summed E-state index contributed by atoms with van der Waals surface area (Å²) in [5, 5.41) is 35.1. The van der Waals surface area contributed by atoms with E-state index in [-0.39, 0.29) is 63.5 Å². The van der Waals surface area contributed by atoms with Crippen LogP contribution in [-0.4, -0.2) is 138 Å². The van der Waals surface area contributed by atoms with Gasteiger partial charge in [-0.3, -0.25) is 14.4 Å².